The first-order valence-corrected chi connectivity index (χ1v) is 12.5. The van der Waals surface area contributed by atoms with Crippen LogP contribution in [0.2, 0.25) is 0 Å². The molecule has 0 aliphatic carbocycles. The number of alkyl carbamates (subject to hydrolysis) is 1. The first kappa shape index (κ1) is 25.5. The van der Waals surface area contributed by atoms with Gasteiger partial charge in [-0.15, -0.1) is 0 Å². The quantitative estimate of drug-likeness (QED) is 0.345. The number of ether oxygens (including phenoxy) is 2. The van der Waals surface area contributed by atoms with E-state index in [1.54, 1.807) is 7.11 Å². The van der Waals surface area contributed by atoms with E-state index in [9.17, 15) is 4.79 Å². The Kier molecular flexibility index (Phi) is 8.44. The van der Waals surface area contributed by atoms with Crippen LogP contribution in [0.25, 0.3) is 0 Å². The van der Waals surface area contributed by atoms with Crippen LogP contribution in [0, 0.1) is 0 Å². The lowest BCUT2D eigenvalue weighted by atomic mass is 9.97. The first-order chi connectivity index (χ1) is 17.4. The van der Waals surface area contributed by atoms with Gasteiger partial charge < -0.3 is 14.8 Å². The monoisotopic (exact) mass is 484 g/mol. The molecule has 5 nitrogen and oxygen atoms in total. The van der Waals surface area contributed by atoms with Crippen molar-refractivity contribution >= 4 is 6.09 Å². The molecule has 1 aliphatic heterocycles. The van der Waals surface area contributed by atoms with Gasteiger partial charge in [-0.25, -0.2) is 4.79 Å². The van der Waals surface area contributed by atoms with E-state index in [0.717, 1.165) is 36.4 Å². The molecule has 1 N–H and O–H groups in total. The molecule has 5 heteroatoms. The van der Waals surface area contributed by atoms with Crippen molar-refractivity contribution in [3.05, 3.63) is 113 Å². The number of likely N-dealkylation sites (tertiary alicyclic amines) is 1. The summed E-state index contributed by atoms with van der Waals surface area (Å²) in [4.78, 5) is 15.1. The van der Waals surface area contributed by atoms with Crippen LogP contribution >= 0.6 is 0 Å². The molecule has 4 rings (SSSR count). The SMILES string of the molecule is COc1ccc(CN2CC(=CCC(NC(=O)OCc3ccccc3)c3ccccc3)CC2(C)C)cc1. The molecule has 0 radical (unpaired) electrons. The van der Waals surface area contributed by atoms with E-state index < -0.39 is 6.09 Å². The molecule has 0 bridgehead atoms. The van der Waals surface area contributed by atoms with Crippen LogP contribution in [0.1, 0.15) is 49.4 Å². The van der Waals surface area contributed by atoms with E-state index >= 15 is 0 Å². The third kappa shape index (κ3) is 6.98. The number of carbonyl (C=O) groups excluding carboxylic acids is 1. The van der Waals surface area contributed by atoms with E-state index in [1.165, 1.54) is 11.1 Å². The Labute approximate surface area is 214 Å². The molecule has 1 saturated heterocycles. The summed E-state index contributed by atoms with van der Waals surface area (Å²) in [5, 5.41) is 3.08. The summed E-state index contributed by atoms with van der Waals surface area (Å²) in [6, 6.07) is 28.0. The topological polar surface area (TPSA) is 50.8 Å². The normalized spacial score (nSPS) is 17.0. The van der Waals surface area contributed by atoms with Crippen molar-refractivity contribution in [2.24, 2.45) is 0 Å². The van der Waals surface area contributed by atoms with E-state index in [4.69, 9.17) is 9.47 Å². The molecule has 1 aliphatic rings. The van der Waals surface area contributed by atoms with Crippen molar-refractivity contribution in [3.8, 4) is 5.75 Å². The number of hydrogen-bond donors (Lipinski definition) is 1. The molecule has 188 valence electrons. The van der Waals surface area contributed by atoms with Crippen molar-refractivity contribution < 1.29 is 14.3 Å². The van der Waals surface area contributed by atoms with E-state index in [2.05, 4.69) is 54.4 Å². The molecule has 36 heavy (non-hydrogen) atoms. The van der Waals surface area contributed by atoms with Gasteiger partial charge in [0.15, 0.2) is 0 Å². The Morgan fingerprint density at radius 1 is 0.972 bits per heavy atom. The molecule has 0 aromatic heterocycles. The molecule has 1 atom stereocenters. The van der Waals surface area contributed by atoms with Gasteiger partial charge in [0.1, 0.15) is 12.4 Å². The highest BCUT2D eigenvalue weighted by atomic mass is 16.5. The maximum atomic E-state index is 12.6. The lowest BCUT2D eigenvalue weighted by Crippen LogP contribution is -2.37. The van der Waals surface area contributed by atoms with Gasteiger partial charge in [-0.2, -0.15) is 0 Å². The van der Waals surface area contributed by atoms with Crippen LogP contribution in [0.4, 0.5) is 4.79 Å². The van der Waals surface area contributed by atoms with E-state index in [-0.39, 0.29) is 18.2 Å². The summed E-state index contributed by atoms with van der Waals surface area (Å²) in [5.74, 6) is 0.877. The number of hydrogen-bond acceptors (Lipinski definition) is 4. The lowest BCUT2D eigenvalue weighted by Gasteiger charge is -2.31. The minimum Gasteiger partial charge on any atom is -0.497 e. The Morgan fingerprint density at radius 2 is 1.64 bits per heavy atom. The highest BCUT2D eigenvalue weighted by molar-refractivity contribution is 5.68. The average molecular weight is 485 g/mol. The van der Waals surface area contributed by atoms with Crippen LogP contribution in [0.5, 0.6) is 5.75 Å². The van der Waals surface area contributed by atoms with Gasteiger partial charge in [0.05, 0.1) is 13.2 Å². The number of rotatable bonds is 9. The summed E-state index contributed by atoms with van der Waals surface area (Å²) < 4.78 is 10.8. The zero-order valence-electron chi connectivity index (χ0n) is 21.4. The lowest BCUT2D eigenvalue weighted by molar-refractivity contribution is 0.135. The van der Waals surface area contributed by atoms with Crippen LogP contribution in [-0.2, 0) is 17.9 Å². The largest absolute Gasteiger partial charge is 0.497 e. The summed E-state index contributed by atoms with van der Waals surface area (Å²) in [6.45, 7) is 6.65. The van der Waals surface area contributed by atoms with Gasteiger partial charge in [-0.05, 0) is 55.5 Å². The molecule has 1 heterocycles. The number of nitrogens with zero attached hydrogens (tertiary/aromatic N) is 1. The van der Waals surface area contributed by atoms with Crippen molar-refractivity contribution in [3.63, 3.8) is 0 Å². The summed E-state index contributed by atoms with van der Waals surface area (Å²) in [6.07, 6.45) is 3.61. The fraction of sp³-hybridized carbons (Fsp3) is 0.323. The molecular weight excluding hydrogens is 448 g/mol. The van der Waals surface area contributed by atoms with Gasteiger partial charge in [0.25, 0.3) is 0 Å². The van der Waals surface area contributed by atoms with Crippen molar-refractivity contribution in [2.45, 2.75) is 51.4 Å². The molecule has 3 aromatic carbocycles. The fourth-order valence-corrected chi connectivity index (χ4v) is 4.70. The van der Waals surface area contributed by atoms with Crippen LogP contribution in [-0.4, -0.2) is 30.2 Å². The molecule has 0 spiro atoms. The maximum Gasteiger partial charge on any atom is 0.407 e. The van der Waals surface area contributed by atoms with Crippen molar-refractivity contribution in [1.29, 1.82) is 0 Å². The fourth-order valence-electron chi connectivity index (χ4n) is 4.70. The smallest absolute Gasteiger partial charge is 0.407 e. The minimum atomic E-state index is -0.404. The molecule has 1 unspecified atom stereocenters. The van der Waals surface area contributed by atoms with Gasteiger partial charge >= 0.3 is 6.09 Å². The second kappa shape index (κ2) is 11.9. The van der Waals surface area contributed by atoms with E-state index in [1.807, 2.05) is 60.7 Å². The van der Waals surface area contributed by atoms with Gasteiger partial charge in [-0.3, -0.25) is 4.90 Å². The first-order valence-electron chi connectivity index (χ1n) is 12.5. The second-order valence-corrected chi connectivity index (χ2v) is 9.96. The third-order valence-corrected chi connectivity index (χ3v) is 6.79. The number of benzene rings is 3. The Morgan fingerprint density at radius 3 is 2.31 bits per heavy atom. The summed E-state index contributed by atoms with van der Waals surface area (Å²) in [7, 11) is 1.69. The average Bonchev–Trinajstić information content (AvgIpc) is 3.19. The van der Waals surface area contributed by atoms with Crippen molar-refractivity contribution in [1.82, 2.24) is 10.2 Å². The van der Waals surface area contributed by atoms with Crippen LogP contribution in [0.15, 0.2) is 96.6 Å². The zero-order valence-corrected chi connectivity index (χ0v) is 21.4. The Hall–Kier alpha value is -3.57. The number of nitrogens with one attached hydrogen (secondary N) is 1. The standard InChI is InChI=1S/C31H36N2O3/c1-31(2)20-26(22-33(31)21-24-14-17-28(35-3)18-15-24)16-19-29(27-12-8-5-9-13-27)32-30(34)36-23-25-10-6-4-7-11-25/h4-18,29H,19-23H2,1-3H3,(H,32,34). The van der Waals surface area contributed by atoms with Crippen molar-refractivity contribution in [2.75, 3.05) is 13.7 Å². The van der Waals surface area contributed by atoms with Gasteiger partial charge in [0, 0.05) is 18.6 Å². The summed E-state index contributed by atoms with van der Waals surface area (Å²) in [5.41, 5.74) is 4.77. The molecule has 1 fully saturated rings. The number of carbonyl (C=O) groups is 1. The molecule has 1 amide bonds. The second-order valence-electron chi connectivity index (χ2n) is 9.96. The Balaban J connectivity index is 1.40. The minimum absolute atomic E-state index is 0.0655. The predicted molar refractivity (Wildman–Crippen MR) is 144 cm³/mol. The molecule has 0 saturated carbocycles. The molecular formula is C31H36N2O3. The third-order valence-electron chi connectivity index (χ3n) is 6.79. The van der Waals surface area contributed by atoms with Gasteiger partial charge in [0.2, 0.25) is 0 Å². The highest BCUT2D eigenvalue weighted by Crippen LogP contribution is 2.34. The maximum absolute atomic E-state index is 12.6. The molecule has 3 aromatic rings. The van der Waals surface area contributed by atoms with Gasteiger partial charge in [-0.1, -0.05) is 84.4 Å². The number of amides is 1. The highest BCUT2D eigenvalue weighted by Gasteiger charge is 2.34. The number of methoxy groups -OCH3 is 1. The Bertz CT molecular complexity index is 1140. The summed E-state index contributed by atoms with van der Waals surface area (Å²) >= 11 is 0. The van der Waals surface area contributed by atoms with Crippen LogP contribution in [0.3, 0.4) is 0 Å². The van der Waals surface area contributed by atoms with E-state index in [0.29, 0.717) is 6.42 Å². The van der Waals surface area contributed by atoms with Crippen LogP contribution < -0.4 is 10.1 Å². The predicted octanol–water partition coefficient (Wildman–Crippen LogP) is 6.66. The zero-order chi connectivity index (χ0) is 25.4.